The van der Waals surface area contributed by atoms with E-state index in [9.17, 15) is 4.79 Å². The van der Waals surface area contributed by atoms with E-state index in [0.717, 1.165) is 48.4 Å². The van der Waals surface area contributed by atoms with Gasteiger partial charge in [0.25, 0.3) is 5.91 Å². The summed E-state index contributed by atoms with van der Waals surface area (Å²) < 4.78 is 7.12. The fourth-order valence-electron chi connectivity index (χ4n) is 4.01. The highest BCUT2D eigenvalue weighted by Gasteiger charge is 2.23. The molecule has 0 bridgehead atoms. The van der Waals surface area contributed by atoms with Crippen LogP contribution in [0, 0.1) is 6.92 Å². The largest absolute Gasteiger partial charge is 0.497 e. The highest BCUT2D eigenvalue weighted by Crippen LogP contribution is 2.24. The molecule has 1 aromatic carbocycles. The van der Waals surface area contributed by atoms with Gasteiger partial charge in [0.15, 0.2) is 5.65 Å². The molecular weight excluding hydrogens is 378 g/mol. The minimum absolute atomic E-state index is 0.0536. The van der Waals surface area contributed by atoms with Gasteiger partial charge >= 0.3 is 0 Å². The third kappa shape index (κ3) is 3.97. The van der Waals surface area contributed by atoms with Crippen molar-refractivity contribution >= 4 is 22.6 Å². The normalized spacial score (nSPS) is 15.0. The van der Waals surface area contributed by atoms with Gasteiger partial charge in [-0.05, 0) is 63.9 Å². The maximum atomic E-state index is 12.9. The fraction of sp³-hybridized carbons (Fsp3) is 0.435. The van der Waals surface area contributed by atoms with Crippen LogP contribution in [0.4, 0.5) is 5.69 Å². The van der Waals surface area contributed by atoms with E-state index in [1.807, 2.05) is 29.8 Å². The summed E-state index contributed by atoms with van der Waals surface area (Å²) in [6.07, 6.45) is 3.61. The maximum Gasteiger partial charge on any atom is 0.253 e. The first-order valence-corrected chi connectivity index (χ1v) is 10.5. The lowest BCUT2D eigenvalue weighted by atomic mass is 10.0. The number of nitrogens with one attached hydrogen (secondary N) is 1. The zero-order valence-electron chi connectivity index (χ0n) is 18.1. The number of carbonyl (C=O) groups excluding carboxylic acids is 1. The van der Waals surface area contributed by atoms with Gasteiger partial charge in [-0.15, -0.1) is 0 Å². The molecule has 1 amide bonds. The minimum atomic E-state index is -0.0536. The summed E-state index contributed by atoms with van der Waals surface area (Å²) in [6.45, 7) is 7.85. The predicted octanol–water partition coefficient (Wildman–Crippen LogP) is 3.73. The summed E-state index contributed by atoms with van der Waals surface area (Å²) in [7, 11) is 1.68. The molecule has 1 fully saturated rings. The number of pyridine rings is 1. The van der Waals surface area contributed by atoms with E-state index >= 15 is 0 Å². The van der Waals surface area contributed by atoms with Gasteiger partial charge in [-0.1, -0.05) is 0 Å². The van der Waals surface area contributed by atoms with Crippen molar-refractivity contribution < 1.29 is 9.53 Å². The number of piperidine rings is 1. The van der Waals surface area contributed by atoms with Crippen molar-refractivity contribution in [2.45, 2.75) is 45.7 Å². The van der Waals surface area contributed by atoms with E-state index in [0.29, 0.717) is 5.56 Å². The Morgan fingerprint density at radius 3 is 2.53 bits per heavy atom. The number of rotatable bonds is 5. The second-order valence-corrected chi connectivity index (χ2v) is 8.15. The average molecular weight is 408 g/mol. The van der Waals surface area contributed by atoms with Crippen molar-refractivity contribution in [3.63, 3.8) is 0 Å². The number of anilines is 1. The van der Waals surface area contributed by atoms with Gasteiger partial charge < -0.3 is 15.0 Å². The Morgan fingerprint density at radius 1 is 1.20 bits per heavy atom. The molecule has 3 aromatic rings. The van der Waals surface area contributed by atoms with Crippen molar-refractivity contribution in [1.82, 2.24) is 20.1 Å². The second kappa shape index (κ2) is 8.34. The van der Waals surface area contributed by atoms with Gasteiger partial charge in [0.2, 0.25) is 0 Å². The molecule has 0 radical (unpaired) electrons. The molecule has 30 heavy (non-hydrogen) atoms. The van der Waals surface area contributed by atoms with Crippen LogP contribution >= 0.6 is 0 Å². The highest BCUT2D eigenvalue weighted by atomic mass is 16.5. The van der Waals surface area contributed by atoms with Crippen molar-refractivity contribution in [3.05, 3.63) is 47.8 Å². The van der Waals surface area contributed by atoms with E-state index in [4.69, 9.17) is 4.74 Å². The molecule has 1 N–H and O–H groups in total. The molecule has 1 saturated heterocycles. The van der Waals surface area contributed by atoms with Gasteiger partial charge in [-0.2, -0.15) is 5.10 Å². The maximum absolute atomic E-state index is 12.9. The summed E-state index contributed by atoms with van der Waals surface area (Å²) in [5.74, 6) is 0.808. The van der Waals surface area contributed by atoms with E-state index in [1.54, 1.807) is 13.3 Å². The fourth-order valence-corrected chi connectivity index (χ4v) is 4.01. The molecule has 0 unspecified atom stereocenters. The van der Waals surface area contributed by atoms with Crippen LogP contribution in [0.2, 0.25) is 0 Å². The molecule has 7 heteroatoms. The lowest BCUT2D eigenvalue weighted by Gasteiger charge is -2.34. The second-order valence-electron chi connectivity index (χ2n) is 8.15. The Kier molecular flexibility index (Phi) is 5.61. The topological polar surface area (TPSA) is 72.3 Å². The zero-order chi connectivity index (χ0) is 21.3. The highest BCUT2D eigenvalue weighted by molar-refractivity contribution is 5.98. The number of carbonyl (C=O) groups is 1. The quantitative estimate of drug-likeness (QED) is 0.698. The third-order valence-electron chi connectivity index (χ3n) is 5.76. The van der Waals surface area contributed by atoms with Gasteiger partial charge in [0.05, 0.1) is 24.6 Å². The molecule has 2 aromatic heterocycles. The molecule has 4 rings (SSSR count). The third-order valence-corrected chi connectivity index (χ3v) is 5.76. The van der Waals surface area contributed by atoms with Gasteiger partial charge in [-0.25, -0.2) is 9.67 Å². The molecule has 1 aliphatic heterocycles. The standard InChI is InChI=1S/C23H29N5O2/c1-15(2)28-22-17(14-24-28)13-21(16(3)25-22)23(29)26-18-9-11-27(12-10-18)19-5-7-20(30-4)8-6-19/h5-8,13-15,18H,9-12H2,1-4H3,(H,26,29). The summed E-state index contributed by atoms with van der Waals surface area (Å²) in [5.41, 5.74) is 3.38. The number of hydrogen-bond acceptors (Lipinski definition) is 5. The van der Waals surface area contributed by atoms with Crippen LogP contribution in [-0.4, -0.2) is 46.9 Å². The average Bonchev–Trinajstić information content (AvgIpc) is 3.16. The smallest absolute Gasteiger partial charge is 0.253 e. The Morgan fingerprint density at radius 2 is 1.90 bits per heavy atom. The number of benzene rings is 1. The lowest BCUT2D eigenvalue weighted by Crippen LogP contribution is -2.44. The van der Waals surface area contributed by atoms with Crippen LogP contribution in [0.15, 0.2) is 36.5 Å². The minimum Gasteiger partial charge on any atom is -0.497 e. The monoisotopic (exact) mass is 407 g/mol. The van der Waals surface area contributed by atoms with Crippen molar-refractivity contribution in [2.75, 3.05) is 25.1 Å². The van der Waals surface area contributed by atoms with Crippen molar-refractivity contribution in [2.24, 2.45) is 0 Å². The van der Waals surface area contributed by atoms with E-state index in [-0.39, 0.29) is 18.0 Å². The number of aromatic nitrogens is 3. The Bertz CT molecular complexity index is 1030. The van der Waals surface area contributed by atoms with Crippen molar-refractivity contribution in [1.29, 1.82) is 0 Å². The van der Waals surface area contributed by atoms with E-state index in [1.165, 1.54) is 5.69 Å². The first-order valence-electron chi connectivity index (χ1n) is 10.5. The Balaban J connectivity index is 1.40. The number of amides is 1. The van der Waals surface area contributed by atoms with Crippen LogP contribution in [0.3, 0.4) is 0 Å². The van der Waals surface area contributed by atoms with E-state index in [2.05, 4.69) is 46.3 Å². The zero-order valence-corrected chi connectivity index (χ0v) is 18.1. The summed E-state index contributed by atoms with van der Waals surface area (Å²) >= 11 is 0. The Labute approximate surface area is 177 Å². The van der Waals surface area contributed by atoms with Gasteiger partial charge in [0, 0.05) is 36.2 Å². The first-order chi connectivity index (χ1) is 14.5. The molecule has 3 heterocycles. The lowest BCUT2D eigenvalue weighted by molar-refractivity contribution is 0.0930. The van der Waals surface area contributed by atoms with E-state index < -0.39 is 0 Å². The number of nitrogens with zero attached hydrogens (tertiary/aromatic N) is 4. The van der Waals surface area contributed by atoms with Gasteiger partial charge in [-0.3, -0.25) is 4.79 Å². The SMILES string of the molecule is COc1ccc(N2CCC(NC(=O)c3cc4cnn(C(C)C)c4nc3C)CC2)cc1. The van der Waals surface area contributed by atoms with Crippen LogP contribution in [0.5, 0.6) is 5.75 Å². The summed E-state index contributed by atoms with van der Waals surface area (Å²) in [4.78, 5) is 19.9. The van der Waals surface area contributed by atoms with Crippen LogP contribution < -0.4 is 15.0 Å². The summed E-state index contributed by atoms with van der Waals surface area (Å²) in [6, 6.07) is 10.4. The van der Waals surface area contributed by atoms with Crippen LogP contribution in [-0.2, 0) is 0 Å². The van der Waals surface area contributed by atoms with Crippen LogP contribution in [0.1, 0.15) is 48.8 Å². The molecule has 1 aliphatic rings. The summed E-state index contributed by atoms with van der Waals surface area (Å²) in [5, 5.41) is 8.51. The molecule has 0 saturated carbocycles. The van der Waals surface area contributed by atoms with Crippen molar-refractivity contribution in [3.8, 4) is 5.75 Å². The molecule has 7 nitrogen and oxygen atoms in total. The molecule has 0 aliphatic carbocycles. The number of fused-ring (bicyclic) bond motifs is 1. The van der Waals surface area contributed by atoms with Gasteiger partial charge in [0.1, 0.15) is 5.75 Å². The number of hydrogen-bond donors (Lipinski definition) is 1. The Hall–Kier alpha value is -3.09. The molecular formula is C23H29N5O2. The first kappa shape index (κ1) is 20.2. The molecule has 0 atom stereocenters. The molecule has 158 valence electrons. The number of ether oxygens (including phenoxy) is 1. The van der Waals surface area contributed by atoms with Crippen LogP contribution in [0.25, 0.3) is 11.0 Å². The molecule has 0 spiro atoms. The predicted molar refractivity (Wildman–Crippen MR) is 118 cm³/mol. The number of aryl methyl sites for hydroxylation is 1. The number of methoxy groups -OCH3 is 1.